The third-order valence-electron chi connectivity index (χ3n) is 2.65. The monoisotopic (exact) mass is 236 g/mol. The Hall–Kier alpha value is -1.84. The Labute approximate surface area is 98.8 Å². The molecular formula is C13H13FO3. The van der Waals surface area contributed by atoms with Crippen molar-refractivity contribution in [1.29, 1.82) is 0 Å². The van der Waals surface area contributed by atoms with Gasteiger partial charge in [0.25, 0.3) is 0 Å². The van der Waals surface area contributed by atoms with E-state index in [2.05, 4.69) is 0 Å². The van der Waals surface area contributed by atoms with Crippen LogP contribution < -0.4 is 4.74 Å². The Morgan fingerprint density at radius 3 is 2.88 bits per heavy atom. The molecule has 1 aliphatic rings. The molecule has 0 radical (unpaired) electrons. The van der Waals surface area contributed by atoms with E-state index in [0.717, 1.165) is 6.42 Å². The molecule has 0 aromatic heterocycles. The highest BCUT2D eigenvalue weighted by Crippen LogP contribution is 2.22. The average molecular weight is 236 g/mol. The highest BCUT2D eigenvalue weighted by molar-refractivity contribution is 6.08. The third kappa shape index (κ3) is 2.46. The summed E-state index contributed by atoms with van der Waals surface area (Å²) in [5.41, 5.74) is 0.572. The van der Waals surface area contributed by atoms with E-state index >= 15 is 0 Å². The molecule has 0 spiro atoms. The number of ether oxygens (including phenoxy) is 2. The molecule has 0 amide bonds. The van der Waals surface area contributed by atoms with Gasteiger partial charge in [0, 0.05) is 11.6 Å². The number of hydrogen-bond acceptors (Lipinski definition) is 3. The molecule has 1 aromatic rings. The predicted molar refractivity (Wildman–Crippen MR) is 60.6 cm³/mol. The van der Waals surface area contributed by atoms with Crippen LogP contribution in [0, 0.1) is 5.82 Å². The van der Waals surface area contributed by atoms with Gasteiger partial charge in [-0.2, -0.15) is 0 Å². The fourth-order valence-electron chi connectivity index (χ4n) is 1.71. The molecule has 0 atom stereocenters. The lowest BCUT2D eigenvalue weighted by atomic mass is 9.99. The summed E-state index contributed by atoms with van der Waals surface area (Å²) in [6, 6.07) is 4.21. The zero-order chi connectivity index (χ0) is 12.3. The summed E-state index contributed by atoms with van der Waals surface area (Å²) in [4.78, 5) is 12.0. The van der Waals surface area contributed by atoms with Gasteiger partial charge in [0.1, 0.15) is 11.6 Å². The topological polar surface area (TPSA) is 35.5 Å². The smallest absolute Gasteiger partial charge is 0.195 e. The van der Waals surface area contributed by atoms with Gasteiger partial charge in [0.2, 0.25) is 0 Å². The Morgan fingerprint density at radius 2 is 2.29 bits per heavy atom. The lowest BCUT2D eigenvalue weighted by Crippen LogP contribution is -2.11. The van der Waals surface area contributed by atoms with Gasteiger partial charge in [-0.1, -0.05) is 0 Å². The highest BCUT2D eigenvalue weighted by atomic mass is 19.1. The van der Waals surface area contributed by atoms with Crippen LogP contribution in [-0.4, -0.2) is 19.5 Å². The normalized spacial score (nSPS) is 14.8. The molecule has 0 aliphatic carbocycles. The molecule has 1 aromatic carbocycles. The molecule has 4 heteroatoms. The first-order valence-corrected chi connectivity index (χ1v) is 5.41. The van der Waals surface area contributed by atoms with Crippen LogP contribution in [0.4, 0.5) is 4.39 Å². The summed E-state index contributed by atoms with van der Waals surface area (Å²) in [5.74, 6) is -0.487. The van der Waals surface area contributed by atoms with Crippen molar-refractivity contribution in [3.8, 4) is 5.75 Å². The number of Topliss-reactive ketones (excluding diaryl/α,β-unsaturated/α-hetero) is 1. The second-order valence-corrected chi connectivity index (χ2v) is 3.79. The van der Waals surface area contributed by atoms with E-state index < -0.39 is 5.82 Å². The average Bonchev–Trinajstić information content (AvgIpc) is 2.39. The van der Waals surface area contributed by atoms with E-state index in [0.29, 0.717) is 24.4 Å². The molecule has 0 bridgehead atoms. The molecule has 0 fully saturated rings. The Balaban J connectivity index is 2.27. The Bertz CT molecular complexity index is 466. The standard InChI is InChI=1S/C13H13FO3/c1-16-10-4-5-11(12(14)7-10)13(15)9-3-2-6-17-8-9/h4-5,7-8H,2-3,6H2,1H3. The maximum absolute atomic E-state index is 13.7. The minimum Gasteiger partial charge on any atom is -0.501 e. The maximum atomic E-state index is 13.7. The van der Waals surface area contributed by atoms with Gasteiger partial charge in [-0.15, -0.1) is 0 Å². The molecule has 0 N–H and O–H groups in total. The van der Waals surface area contributed by atoms with Crippen LogP contribution in [0.25, 0.3) is 0 Å². The molecule has 0 saturated heterocycles. The zero-order valence-electron chi connectivity index (χ0n) is 9.53. The molecule has 3 nitrogen and oxygen atoms in total. The van der Waals surface area contributed by atoms with Crippen molar-refractivity contribution in [3.63, 3.8) is 0 Å². The number of ketones is 1. The van der Waals surface area contributed by atoms with Crippen LogP contribution in [0.3, 0.4) is 0 Å². The maximum Gasteiger partial charge on any atom is 0.195 e. The Morgan fingerprint density at radius 1 is 1.47 bits per heavy atom. The number of allylic oxidation sites excluding steroid dienone is 1. The van der Waals surface area contributed by atoms with Crippen molar-refractivity contribution in [2.45, 2.75) is 12.8 Å². The molecule has 2 rings (SSSR count). The quantitative estimate of drug-likeness (QED) is 0.757. The minimum absolute atomic E-state index is 0.0579. The van der Waals surface area contributed by atoms with Crippen molar-refractivity contribution >= 4 is 5.78 Å². The first kappa shape index (κ1) is 11.6. The summed E-state index contributed by atoms with van der Waals surface area (Å²) in [5, 5.41) is 0. The largest absolute Gasteiger partial charge is 0.501 e. The van der Waals surface area contributed by atoms with Gasteiger partial charge in [-0.25, -0.2) is 4.39 Å². The fraction of sp³-hybridized carbons (Fsp3) is 0.308. The van der Waals surface area contributed by atoms with Crippen molar-refractivity contribution in [2.24, 2.45) is 0 Å². The summed E-state index contributed by atoms with van der Waals surface area (Å²) in [7, 11) is 1.45. The van der Waals surface area contributed by atoms with Gasteiger partial charge >= 0.3 is 0 Å². The number of carbonyl (C=O) groups excluding carboxylic acids is 1. The number of carbonyl (C=O) groups is 1. The molecule has 90 valence electrons. The van der Waals surface area contributed by atoms with Crippen LogP contribution in [0.2, 0.25) is 0 Å². The predicted octanol–water partition coefficient (Wildman–Crippen LogP) is 2.71. The van der Waals surface area contributed by atoms with Crippen LogP contribution >= 0.6 is 0 Å². The van der Waals surface area contributed by atoms with Crippen molar-refractivity contribution in [1.82, 2.24) is 0 Å². The number of halogens is 1. The van der Waals surface area contributed by atoms with E-state index in [9.17, 15) is 9.18 Å². The van der Waals surface area contributed by atoms with Gasteiger partial charge in [-0.3, -0.25) is 4.79 Å². The lowest BCUT2D eigenvalue weighted by Gasteiger charge is -2.13. The molecule has 0 unspecified atom stereocenters. The summed E-state index contributed by atoms with van der Waals surface area (Å²) >= 11 is 0. The third-order valence-corrected chi connectivity index (χ3v) is 2.65. The van der Waals surface area contributed by atoms with Gasteiger partial charge in [0.05, 0.1) is 25.5 Å². The number of rotatable bonds is 3. The van der Waals surface area contributed by atoms with Crippen LogP contribution in [0.5, 0.6) is 5.75 Å². The van der Waals surface area contributed by atoms with Gasteiger partial charge in [0.15, 0.2) is 5.78 Å². The van der Waals surface area contributed by atoms with Crippen molar-refractivity contribution < 1.29 is 18.7 Å². The number of benzene rings is 1. The van der Waals surface area contributed by atoms with Crippen molar-refractivity contribution in [2.75, 3.05) is 13.7 Å². The van der Waals surface area contributed by atoms with Crippen LogP contribution in [-0.2, 0) is 4.74 Å². The van der Waals surface area contributed by atoms with Crippen LogP contribution in [0.15, 0.2) is 30.0 Å². The van der Waals surface area contributed by atoms with Gasteiger partial charge in [-0.05, 0) is 25.0 Å². The minimum atomic E-state index is -0.569. The van der Waals surface area contributed by atoms with E-state index in [-0.39, 0.29) is 11.3 Å². The number of hydrogen-bond donors (Lipinski definition) is 0. The molecule has 17 heavy (non-hydrogen) atoms. The van der Waals surface area contributed by atoms with Crippen molar-refractivity contribution in [3.05, 3.63) is 41.4 Å². The van der Waals surface area contributed by atoms with E-state index in [1.165, 1.54) is 25.5 Å². The lowest BCUT2D eigenvalue weighted by molar-refractivity contribution is 0.101. The summed E-state index contributed by atoms with van der Waals surface area (Å²) < 4.78 is 23.6. The second kappa shape index (κ2) is 4.99. The summed E-state index contributed by atoms with van der Waals surface area (Å²) in [6.07, 6.45) is 2.84. The fourth-order valence-corrected chi connectivity index (χ4v) is 1.71. The van der Waals surface area contributed by atoms with E-state index in [1.807, 2.05) is 0 Å². The first-order valence-electron chi connectivity index (χ1n) is 5.41. The zero-order valence-corrected chi connectivity index (χ0v) is 9.53. The van der Waals surface area contributed by atoms with Gasteiger partial charge < -0.3 is 9.47 Å². The van der Waals surface area contributed by atoms with E-state index in [1.54, 1.807) is 6.07 Å². The molecule has 0 saturated carbocycles. The SMILES string of the molecule is COc1ccc(C(=O)C2=COCCC2)c(F)c1. The molecule has 1 heterocycles. The highest BCUT2D eigenvalue weighted by Gasteiger charge is 2.19. The summed E-state index contributed by atoms with van der Waals surface area (Å²) in [6.45, 7) is 0.613. The Kier molecular flexibility index (Phi) is 3.42. The van der Waals surface area contributed by atoms with Crippen LogP contribution in [0.1, 0.15) is 23.2 Å². The second-order valence-electron chi connectivity index (χ2n) is 3.79. The molecule has 1 aliphatic heterocycles. The first-order chi connectivity index (χ1) is 8.22. The van der Waals surface area contributed by atoms with E-state index in [4.69, 9.17) is 9.47 Å². The number of methoxy groups -OCH3 is 1. The molecular weight excluding hydrogens is 223 g/mol.